The van der Waals surface area contributed by atoms with E-state index in [4.69, 9.17) is 15.0 Å². The fraction of sp³-hybridized carbons (Fsp3) is 0.0517. The Morgan fingerprint density at radius 2 is 1.00 bits per heavy atom. The third-order valence-corrected chi connectivity index (χ3v) is 13.3. The number of hydrogen-bond acceptors (Lipinski definition) is 4. The van der Waals surface area contributed by atoms with Crippen molar-refractivity contribution in [1.29, 1.82) is 0 Å². The van der Waals surface area contributed by atoms with Crippen LogP contribution in [0.3, 0.4) is 0 Å². The normalized spacial score (nSPS) is 13.3. The van der Waals surface area contributed by atoms with Crippen molar-refractivity contribution in [1.82, 2.24) is 19.5 Å². The van der Waals surface area contributed by atoms with Crippen LogP contribution in [-0.2, 0) is 5.41 Å². The predicted molar refractivity (Wildman–Crippen MR) is 261 cm³/mol. The van der Waals surface area contributed by atoms with Crippen molar-refractivity contribution >= 4 is 71.4 Å². The molecule has 0 bridgehead atoms. The summed E-state index contributed by atoms with van der Waals surface area (Å²) in [7, 11) is 0. The van der Waals surface area contributed by atoms with Gasteiger partial charge >= 0.3 is 0 Å². The highest BCUT2D eigenvalue weighted by Gasteiger charge is 2.40. The molecule has 5 nitrogen and oxygen atoms in total. The van der Waals surface area contributed by atoms with Crippen LogP contribution in [0.5, 0.6) is 0 Å². The van der Waals surface area contributed by atoms with Crippen LogP contribution >= 0.6 is 0 Å². The van der Waals surface area contributed by atoms with Gasteiger partial charge in [-0.3, -0.25) is 4.90 Å². The molecule has 0 aliphatic carbocycles. The number of para-hydroxylation sites is 2. The number of benzene rings is 10. The predicted octanol–water partition coefficient (Wildman–Crippen LogP) is 15.0. The van der Waals surface area contributed by atoms with Crippen LogP contribution in [0.15, 0.2) is 200 Å². The first-order valence-corrected chi connectivity index (χ1v) is 21.6. The molecule has 63 heavy (non-hydrogen) atoms. The maximum Gasteiger partial charge on any atom is 0.238 e. The lowest BCUT2D eigenvalue weighted by atomic mass is 9.71. The van der Waals surface area contributed by atoms with Crippen molar-refractivity contribution in [3.8, 4) is 39.6 Å². The molecule has 296 valence electrons. The van der Waals surface area contributed by atoms with Gasteiger partial charge in [-0.25, -0.2) is 4.98 Å². The molecule has 3 heterocycles. The smallest absolute Gasteiger partial charge is 0.238 e. The van der Waals surface area contributed by atoms with Crippen LogP contribution in [0.1, 0.15) is 25.0 Å². The van der Waals surface area contributed by atoms with E-state index in [1.165, 1.54) is 70.8 Å². The van der Waals surface area contributed by atoms with Gasteiger partial charge < -0.3 is 4.57 Å². The third-order valence-electron chi connectivity index (χ3n) is 13.3. The van der Waals surface area contributed by atoms with Gasteiger partial charge in [0.1, 0.15) is 0 Å². The second-order valence-corrected chi connectivity index (χ2v) is 17.3. The molecule has 13 rings (SSSR count). The number of aromatic nitrogens is 4. The highest BCUT2D eigenvalue weighted by atomic mass is 15.3. The van der Waals surface area contributed by atoms with Crippen molar-refractivity contribution < 1.29 is 0 Å². The Labute approximate surface area is 364 Å². The zero-order valence-corrected chi connectivity index (χ0v) is 34.8. The first kappa shape index (κ1) is 35.6. The van der Waals surface area contributed by atoms with Crippen molar-refractivity contribution in [3.63, 3.8) is 0 Å². The Balaban J connectivity index is 1.08. The summed E-state index contributed by atoms with van der Waals surface area (Å²) in [6, 6.07) is 72.0. The van der Waals surface area contributed by atoms with E-state index in [-0.39, 0.29) is 0 Å². The fourth-order valence-electron chi connectivity index (χ4n) is 10.3. The van der Waals surface area contributed by atoms with E-state index in [1.54, 1.807) is 0 Å². The van der Waals surface area contributed by atoms with Crippen LogP contribution in [0.2, 0.25) is 0 Å². The Hall–Kier alpha value is -8.15. The number of hydrogen-bond donors (Lipinski definition) is 0. The van der Waals surface area contributed by atoms with Gasteiger partial charge in [-0.1, -0.05) is 166 Å². The molecule has 0 amide bonds. The quantitative estimate of drug-likeness (QED) is 0.163. The Morgan fingerprint density at radius 1 is 0.397 bits per heavy atom. The van der Waals surface area contributed by atoms with Crippen LogP contribution in [-0.4, -0.2) is 19.5 Å². The molecular formula is C58H39N5. The minimum Gasteiger partial charge on any atom is -0.309 e. The lowest BCUT2D eigenvalue weighted by Gasteiger charge is -2.42. The van der Waals surface area contributed by atoms with Crippen LogP contribution in [0, 0.1) is 0 Å². The van der Waals surface area contributed by atoms with Crippen molar-refractivity contribution in [3.05, 3.63) is 211 Å². The summed E-state index contributed by atoms with van der Waals surface area (Å²) in [6.45, 7) is 4.75. The topological polar surface area (TPSA) is 46.8 Å². The Bertz CT molecular complexity index is 3690. The van der Waals surface area contributed by atoms with E-state index >= 15 is 0 Å². The summed E-state index contributed by atoms with van der Waals surface area (Å²) in [5.74, 6) is 1.84. The van der Waals surface area contributed by atoms with Gasteiger partial charge in [0, 0.05) is 38.4 Å². The van der Waals surface area contributed by atoms with Crippen LogP contribution in [0.4, 0.5) is 17.3 Å². The summed E-state index contributed by atoms with van der Waals surface area (Å²) >= 11 is 0. The molecule has 1 aliphatic rings. The molecule has 0 unspecified atom stereocenters. The molecular weight excluding hydrogens is 767 g/mol. The molecule has 0 saturated heterocycles. The van der Waals surface area contributed by atoms with Crippen LogP contribution < -0.4 is 4.90 Å². The number of rotatable bonds is 5. The average molecular weight is 806 g/mol. The molecule has 0 spiro atoms. The fourth-order valence-corrected chi connectivity index (χ4v) is 10.3. The molecule has 10 aromatic carbocycles. The second kappa shape index (κ2) is 13.4. The van der Waals surface area contributed by atoms with Gasteiger partial charge in [-0.2, -0.15) is 9.97 Å². The molecule has 0 saturated carbocycles. The lowest BCUT2D eigenvalue weighted by Crippen LogP contribution is -2.32. The maximum absolute atomic E-state index is 5.38. The SMILES string of the molecule is CC1(C)c2cc(-c3ccc4c(c3)c3ccccc3n4-c3ccccc3)ccc2N(c2nc(-c3ccccc3)nc(-c3ccccc3)n2)c2c1cc1ccc3cccc4ccc2c1c34. The average Bonchev–Trinajstić information content (AvgIpc) is 3.68. The summed E-state index contributed by atoms with van der Waals surface area (Å²) < 4.78 is 2.37. The second-order valence-electron chi connectivity index (χ2n) is 17.3. The van der Waals surface area contributed by atoms with E-state index in [0.29, 0.717) is 17.6 Å². The molecule has 0 radical (unpaired) electrons. The zero-order chi connectivity index (χ0) is 41.8. The Kier molecular flexibility index (Phi) is 7.58. The summed E-state index contributed by atoms with van der Waals surface area (Å²) in [5, 5.41) is 9.88. The first-order chi connectivity index (χ1) is 31.0. The Morgan fingerprint density at radius 3 is 1.73 bits per heavy atom. The lowest BCUT2D eigenvalue weighted by molar-refractivity contribution is 0.633. The minimum atomic E-state index is -0.396. The van der Waals surface area contributed by atoms with Gasteiger partial charge in [0.05, 0.1) is 22.4 Å². The van der Waals surface area contributed by atoms with Crippen LogP contribution in [0.25, 0.3) is 93.7 Å². The molecule has 12 aromatic rings. The molecule has 0 fully saturated rings. The molecule has 0 N–H and O–H groups in total. The van der Waals surface area contributed by atoms with E-state index in [9.17, 15) is 0 Å². The van der Waals surface area contributed by atoms with Gasteiger partial charge in [0.2, 0.25) is 5.95 Å². The van der Waals surface area contributed by atoms with E-state index in [2.05, 4.69) is 187 Å². The molecule has 5 heteroatoms. The standard InChI is InChI=1S/C58H39N5/c1-58(2)47-34-41(40-28-31-50-46(33-40)44-23-12-13-24-49(44)62(50)43-21-10-5-11-22-43)29-32-51(47)63(54-45-30-27-37-20-14-19-36-25-26-42(35-48(54)58)53(45)52(36)37)57-60-55(38-15-6-3-7-16-38)59-56(61-57)39-17-8-4-9-18-39/h3-35H,1-2H3. The molecule has 0 atom stereocenters. The maximum atomic E-state index is 5.38. The first-order valence-electron chi connectivity index (χ1n) is 21.6. The molecule has 2 aromatic heterocycles. The molecule has 1 aliphatic heterocycles. The van der Waals surface area contributed by atoms with E-state index in [1.807, 2.05) is 36.4 Å². The van der Waals surface area contributed by atoms with Crippen molar-refractivity contribution in [2.24, 2.45) is 0 Å². The minimum absolute atomic E-state index is 0.396. The van der Waals surface area contributed by atoms with Gasteiger partial charge in [-0.05, 0) is 97.7 Å². The van der Waals surface area contributed by atoms with E-state index in [0.717, 1.165) is 33.8 Å². The number of fused-ring (bicyclic) bond motifs is 6. The zero-order valence-electron chi connectivity index (χ0n) is 34.8. The van der Waals surface area contributed by atoms with Gasteiger partial charge in [0.15, 0.2) is 11.6 Å². The van der Waals surface area contributed by atoms with Crippen molar-refractivity contribution in [2.45, 2.75) is 19.3 Å². The number of nitrogens with zero attached hydrogens (tertiary/aromatic N) is 5. The third kappa shape index (κ3) is 5.33. The number of anilines is 3. The van der Waals surface area contributed by atoms with Gasteiger partial charge in [0.25, 0.3) is 0 Å². The highest BCUT2D eigenvalue weighted by molar-refractivity contribution is 6.26. The summed E-state index contributed by atoms with van der Waals surface area (Å²) in [4.78, 5) is 18.2. The largest absolute Gasteiger partial charge is 0.309 e. The van der Waals surface area contributed by atoms with E-state index < -0.39 is 5.41 Å². The highest BCUT2D eigenvalue weighted by Crippen LogP contribution is 2.56. The summed E-state index contributed by atoms with van der Waals surface area (Å²) in [6.07, 6.45) is 0. The monoisotopic (exact) mass is 805 g/mol. The van der Waals surface area contributed by atoms with Crippen molar-refractivity contribution in [2.75, 3.05) is 4.90 Å². The summed E-state index contributed by atoms with van der Waals surface area (Å²) in [5.41, 5.74) is 11.9. The van der Waals surface area contributed by atoms with Gasteiger partial charge in [-0.15, -0.1) is 0 Å².